The summed E-state index contributed by atoms with van der Waals surface area (Å²) in [5.74, 6) is 0. The van der Waals surface area contributed by atoms with Crippen molar-refractivity contribution in [2.45, 2.75) is 0 Å². The Bertz CT molecular complexity index is 2430. The van der Waals surface area contributed by atoms with Gasteiger partial charge in [-0.05, 0) is 71.8 Å². The summed E-state index contributed by atoms with van der Waals surface area (Å²) in [5.41, 5.74) is 7.59. The Morgan fingerprint density at radius 1 is 0.405 bits per heavy atom. The summed E-state index contributed by atoms with van der Waals surface area (Å²) in [5, 5.41) is 4.98. The predicted octanol–water partition coefficient (Wildman–Crippen LogP) is 12.3. The number of fused-ring (bicyclic) bond motifs is 8. The number of rotatable bonds is 4. The van der Waals surface area contributed by atoms with Crippen molar-refractivity contribution >= 4 is 91.2 Å². The molecule has 42 heavy (non-hydrogen) atoms. The van der Waals surface area contributed by atoms with E-state index >= 15 is 0 Å². The van der Waals surface area contributed by atoms with Gasteiger partial charge in [-0.2, -0.15) is 0 Å². The molecule has 4 heteroatoms. The van der Waals surface area contributed by atoms with Gasteiger partial charge in [0.05, 0.1) is 9.40 Å². The van der Waals surface area contributed by atoms with Crippen LogP contribution >= 0.6 is 22.7 Å². The van der Waals surface area contributed by atoms with Crippen LogP contribution in [-0.4, -0.2) is 0 Å². The zero-order valence-electron chi connectivity index (χ0n) is 22.5. The van der Waals surface area contributed by atoms with Gasteiger partial charge in [0.25, 0.3) is 0 Å². The molecule has 0 unspecified atom stereocenters. The predicted molar refractivity (Wildman–Crippen MR) is 182 cm³/mol. The second-order valence-corrected chi connectivity index (χ2v) is 12.7. The van der Waals surface area contributed by atoms with Crippen LogP contribution in [0.2, 0.25) is 0 Å². The number of para-hydroxylation sites is 2. The van der Waals surface area contributed by atoms with Crippen LogP contribution in [0.5, 0.6) is 0 Å². The molecule has 2 nitrogen and oxygen atoms in total. The van der Waals surface area contributed by atoms with Gasteiger partial charge in [0.1, 0.15) is 11.2 Å². The lowest BCUT2D eigenvalue weighted by Crippen LogP contribution is -2.09. The maximum Gasteiger partial charge on any atom is 0.135 e. The van der Waals surface area contributed by atoms with Crippen molar-refractivity contribution < 1.29 is 4.42 Å². The van der Waals surface area contributed by atoms with Crippen molar-refractivity contribution in [1.82, 2.24) is 0 Å². The first-order chi connectivity index (χ1) is 20.8. The molecule has 3 aromatic heterocycles. The lowest BCUT2D eigenvalue weighted by molar-refractivity contribution is 0.669. The Hall–Kier alpha value is -4.90. The minimum absolute atomic E-state index is 0.916. The van der Waals surface area contributed by atoms with Crippen LogP contribution in [0.15, 0.2) is 144 Å². The second kappa shape index (κ2) is 9.31. The Kier molecular flexibility index (Phi) is 5.27. The van der Waals surface area contributed by atoms with Crippen molar-refractivity contribution in [2.75, 3.05) is 4.90 Å². The molecule has 9 aromatic rings. The highest BCUT2D eigenvalue weighted by Gasteiger charge is 2.17. The van der Waals surface area contributed by atoms with Gasteiger partial charge in [-0.25, -0.2) is 0 Å². The van der Waals surface area contributed by atoms with Crippen LogP contribution in [0.4, 0.5) is 17.1 Å². The van der Waals surface area contributed by atoms with E-state index in [0.717, 1.165) is 39.0 Å². The molecule has 0 aliphatic heterocycles. The maximum absolute atomic E-state index is 6.09. The summed E-state index contributed by atoms with van der Waals surface area (Å²) in [7, 11) is 0. The normalized spacial score (nSPS) is 11.8. The van der Waals surface area contributed by atoms with E-state index in [9.17, 15) is 0 Å². The van der Waals surface area contributed by atoms with Crippen molar-refractivity contribution in [3.8, 4) is 11.1 Å². The van der Waals surface area contributed by atoms with E-state index < -0.39 is 0 Å². The smallest absolute Gasteiger partial charge is 0.135 e. The molecule has 0 fully saturated rings. The molecule has 0 spiro atoms. The average Bonchev–Trinajstić information content (AvgIpc) is 3.71. The molecule has 9 rings (SSSR count). The van der Waals surface area contributed by atoms with Crippen LogP contribution in [0.1, 0.15) is 0 Å². The number of furan rings is 1. The third-order valence-electron chi connectivity index (χ3n) is 8.06. The van der Waals surface area contributed by atoms with Gasteiger partial charge < -0.3 is 9.32 Å². The molecule has 0 bridgehead atoms. The molecule has 198 valence electrons. The van der Waals surface area contributed by atoms with Crippen LogP contribution in [0.25, 0.3) is 62.6 Å². The van der Waals surface area contributed by atoms with Crippen LogP contribution in [0, 0.1) is 0 Å². The molecule has 0 aliphatic carbocycles. The highest BCUT2D eigenvalue weighted by molar-refractivity contribution is 7.36. The van der Waals surface area contributed by atoms with E-state index in [4.69, 9.17) is 4.42 Å². The summed E-state index contributed by atoms with van der Waals surface area (Å²) in [6, 6.07) is 49.9. The zero-order valence-corrected chi connectivity index (χ0v) is 24.1. The fraction of sp³-hybridized carbons (Fsp3) is 0. The SMILES string of the molecule is c1ccc(N(c2cccc(-c3ccc4oc5ccccc5c4c3)c2)c2ccc3c(c2)sc2c4ccccc4sc32)cc1. The van der Waals surface area contributed by atoms with Crippen molar-refractivity contribution in [3.05, 3.63) is 140 Å². The summed E-state index contributed by atoms with van der Waals surface area (Å²) >= 11 is 3.79. The van der Waals surface area contributed by atoms with E-state index in [-0.39, 0.29) is 0 Å². The van der Waals surface area contributed by atoms with Crippen LogP contribution < -0.4 is 4.90 Å². The highest BCUT2D eigenvalue weighted by atomic mass is 32.1. The van der Waals surface area contributed by atoms with Gasteiger partial charge in [0.2, 0.25) is 0 Å². The summed E-state index contributed by atoms with van der Waals surface area (Å²) in [6.07, 6.45) is 0. The number of benzene rings is 6. The van der Waals surface area contributed by atoms with E-state index in [1.54, 1.807) is 0 Å². The van der Waals surface area contributed by atoms with Gasteiger partial charge in [0, 0.05) is 48.0 Å². The first-order valence-corrected chi connectivity index (χ1v) is 15.6. The zero-order chi connectivity index (χ0) is 27.6. The minimum Gasteiger partial charge on any atom is -0.456 e. The van der Waals surface area contributed by atoms with Gasteiger partial charge in [-0.3, -0.25) is 0 Å². The fourth-order valence-corrected chi connectivity index (χ4v) is 8.77. The Labute approximate surface area is 250 Å². The topological polar surface area (TPSA) is 16.4 Å². The van der Waals surface area contributed by atoms with Crippen molar-refractivity contribution in [2.24, 2.45) is 0 Å². The molecular weight excluding hydrogens is 551 g/mol. The standard InChI is InChI=1S/C38H23NOS2/c1-2-10-26(11-3-1)39(28-18-19-31-36(23-28)42-37-30-14-5-7-16-35(30)41-38(31)37)27-12-8-9-24(21-27)25-17-20-34-32(22-25)29-13-4-6-15-33(29)40-34/h1-23H. The summed E-state index contributed by atoms with van der Waals surface area (Å²) in [6.45, 7) is 0. The van der Waals surface area contributed by atoms with Gasteiger partial charge in [-0.15, -0.1) is 22.7 Å². The third-order valence-corrected chi connectivity index (χ3v) is 10.6. The molecule has 0 radical (unpaired) electrons. The van der Waals surface area contributed by atoms with Crippen molar-refractivity contribution in [1.29, 1.82) is 0 Å². The Morgan fingerprint density at radius 2 is 1.07 bits per heavy atom. The molecule has 0 saturated heterocycles. The number of hydrogen-bond donors (Lipinski definition) is 0. The Balaban J connectivity index is 1.19. The van der Waals surface area contributed by atoms with E-state index in [1.165, 1.54) is 40.7 Å². The molecular formula is C38H23NOS2. The number of anilines is 3. The van der Waals surface area contributed by atoms with E-state index in [2.05, 4.69) is 132 Å². The molecule has 0 N–H and O–H groups in total. The first kappa shape index (κ1) is 23.8. The van der Waals surface area contributed by atoms with E-state index in [0.29, 0.717) is 0 Å². The molecule has 0 atom stereocenters. The number of nitrogens with zero attached hydrogens (tertiary/aromatic N) is 1. The van der Waals surface area contributed by atoms with Crippen molar-refractivity contribution in [3.63, 3.8) is 0 Å². The Morgan fingerprint density at radius 3 is 1.98 bits per heavy atom. The number of thiophene rings is 2. The van der Waals surface area contributed by atoms with Gasteiger partial charge in [0.15, 0.2) is 0 Å². The largest absolute Gasteiger partial charge is 0.456 e. The molecule has 6 aromatic carbocycles. The quantitative estimate of drug-likeness (QED) is 0.208. The molecule has 0 aliphatic rings. The fourth-order valence-electron chi connectivity index (χ4n) is 6.09. The lowest BCUT2D eigenvalue weighted by Gasteiger charge is -2.26. The van der Waals surface area contributed by atoms with Gasteiger partial charge in [-0.1, -0.05) is 78.9 Å². The maximum atomic E-state index is 6.09. The molecule has 0 saturated carbocycles. The second-order valence-electron chi connectivity index (χ2n) is 10.6. The van der Waals surface area contributed by atoms with Crippen LogP contribution in [0.3, 0.4) is 0 Å². The molecule has 0 amide bonds. The summed E-state index contributed by atoms with van der Waals surface area (Å²) in [4.78, 5) is 2.36. The number of hydrogen-bond acceptors (Lipinski definition) is 4. The minimum atomic E-state index is 0.916. The average molecular weight is 574 g/mol. The highest BCUT2D eigenvalue weighted by Crippen LogP contribution is 2.46. The van der Waals surface area contributed by atoms with Gasteiger partial charge >= 0.3 is 0 Å². The first-order valence-electron chi connectivity index (χ1n) is 14.0. The molecule has 3 heterocycles. The lowest BCUT2D eigenvalue weighted by atomic mass is 10.0. The summed E-state index contributed by atoms with van der Waals surface area (Å²) < 4.78 is 11.5. The van der Waals surface area contributed by atoms with E-state index in [1.807, 2.05) is 34.8 Å². The monoisotopic (exact) mass is 573 g/mol. The van der Waals surface area contributed by atoms with Crippen LogP contribution in [-0.2, 0) is 0 Å². The third kappa shape index (κ3) is 3.69.